The van der Waals surface area contributed by atoms with E-state index in [-0.39, 0.29) is 33.9 Å². The summed E-state index contributed by atoms with van der Waals surface area (Å²) in [5, 5.41) is 29.7. The lowest BCUT2D eigenvalue weighted by Gasteiger charge is -2.14. The molecule has 0 aromatic heterocycles. The summed E-state index contributed by atoms with van der Waals surface area (Å²) < 4.78 is 5.80. The SMILES string of the molecule is O=C(Nc1ccccc1Oc1ccc(C(=O)O)c(C(=O)O)c1)c1ccc2c(c1)C(=O)N(c1ccc(N=Nc3ccccc3)cc1)C2=O. The number of ether oxygens (including phenoxy) is 1. The minimum absolute atomic E-state index is 0.0307. The number of azo groups is 1. The molecule has 230 valence electrons. The molecule has 5 aromatic rings. The van der Waals surface area contributed by atoms with E-state index in [9.17, 15) is 34.2 Å². The average molecular weight is 627 g/mol. The Morgan fingerprint density at radius 3 is 1.98 bits per heavy atom. The van der Waals surface area contributed by atoms with Crippen LogP contribution in [-0.4, -0.2) is 39.9 Å². The van der Waals surface area contributed by atoms with Gasteiger partial charge in [-0.1, -0.05) is 30.3 Å². The number of aromatic carboxylic acids is 2. The molecule has 0 radical (unpaired) electrons. The van der Waals surface area contributed by atoms with Crippen molar-refractivity contribution in [3.8, 4) is 11.5 Å². The number of rotatable bonds is 9. The van der Waals surface area contributed by atoms with Crippen molar-refractivity contribution < 1.29 is 38.9 Å². The van der Waals surface area contributed by atoms with Gasteiger partial charge in [-0.25, -0.2) is 14.5 Å². The van der Waals surface area contributed by atoms with Gasteiger partial charge >= 0.3 is 11.9 Å². The third-order valence-electron chi connectivity index (χ3n) is 7.11. The second-order valence-corrected chi connectivity index (χ2v) is 10.1. The van der Waals surface area contributed by atoms with Gasteiger partial charge in [0.25, 0.3) is 17.7 Å². The normalized spacial score (nSPS) is 12.2. The quantitative estimate of drug-likeness (QED) is 0.112. The molecule has 3 amide bonds. The highest BCUT2D eigenvalue weighted by molar-refractivity contribution is 6.34. The maximum absolute atomic E-state index is 13.4. The van der Waals surface area contributed by atoms with Gasteiger partial charge in [0.1, 0.15) is 5.75 Å². The molecule has 0 unspecified atom stereocenters. The summed E-state index contributed by atoms with van der Waals surface area (Å²) in [5.74, 6) is -4.42. The predicted octanol–water partition coefficient (Wildman–Crippen LogP) is 7.34. The summed E-state index contributed by atoms with van der Waals surface area (Å²) in [4.78, 5) is 63.8. The van der Waals surface area contributed by atoms with Crippen LogP contribution in [-0.2, 0) is 0 Å². The second-order valence-electron chi connectivity index (χ2n) is 10.1. The number of carboxylic acid groups (broad SMARTS) is 2. The number of anilines is 2. The molecule has 0 bridgehead atoms. The molecule has 12 nitrogen and oxygen atoms in total. The zero-order valence-corrected chi connectivity index (χ0v) is 24.2. The molecule has 0 aliphatic carbocycles. The van der Waals surface area contributed by atoms with Crippen LogP contribution in [0.1, 0.15) is 51.8 Å². The monoisotopic (exact) mass is 626 g/mol. The number of hydrogen-bond donors (Lipinski definition) is 3. The molecule has 3 N–H and O–H groups in total. The van der Waals surface area contributed by atoms with Crippen LogP contribution in [0.4, 0.5) is 22.7 Å². The molecular formula is C35H22N4O8. The number of hydrogen-bond acceptors (Lipinski definition) is 8. The molecule has 5 aromatic carbocycles. The van der Waals surface area contributed by atoms with Crippen LogP contribution in [0.25, 0.3) is 0 Å². The van der Waals surface area contributed by atoms with Crippen LogP contribution >= 0.6 is 0 Å². The van der Waals surface area contributed by atoms with Crippen LogP contribution in [0.5, 0.6) is 11.5 Å². The number of carbonyl (C=O) groups is 5. The van der Waals surface area contributed by atoms with Crippen molar-refractivity contribution in [1.29, 1.82) is 0 Å². The molecule has 6 rings (SSSR count). The number of fused-ring (bicyclic) bond motifs is 1. The Kier molecular flexibility index (Phi) is 8.05. The number of para-hydroxylation sites is 2. The standard InChI is InChI=1S/C35H22N4O8/c40-31(36-29-8-4-5-9-30(29)47-24-15-17-26(34(43)44)28(19-24)35(45)46)20-10-16-25-27(18-20)33(42)39(32(25)41)23-13-11-22(12-14-23)38-37-21-6-2-1-3-7-21/h1-19H,(H,36,40)(H,43,44)(H,45,46). The van der Waals surface area contributed by atoms with Gasteiger partial charge < -0.3 is 20.3 Å². The fourth-order valence-electron chi connectivity index (χ4n) is 4.83. The summed E-state index contributed by atoms with van der Waals surface area (Å²) in [6.07, 6.45) is 0. The van der Waals surface area contributed by atoms with Crippen LogP contribution in [0.15, 0.2) is 125 Å². The zero-order chi connectivity index (χ0) is 33.1. The summed E-state index contributed by atoms with van der Waals surface area (Å²) in [5.41, 5.74) is 1.16. The van der Waals surface area contributed by atoms with Crippen molar-refractivity contribution in [2.75, 3.05) is 10.2 Å². The Hall–Kier alpha value is -6.95. The van der Waals surface area contributed by atoms with Crippen LogP contribution < -0.4 is 15.0 Å². The number of amides is 3. The highest BCUT2D eigenvalue weighted by Gasteiger charge is 2.37. The van der Waals surface area contributed by atoms with E-state index in [1.54, 1.807) is 54.6 Å². The smallest absolute Gasteiger partial charge is 0.336 e. The van der Waals surface area contributed by atoms with Gasteiger partial charge in [-0.05, 0) is 84.9 Å². The first-order valence-electron chi connectivity index (χ1n) is 14.0. The van der Waals surface area contributed by atoms with Crippen molar-refractivity contribution in [3.63, 3.8) is 0 Å². The molecule has 1 aliphatic heterocycles. The first-order chi connectivity index (χ1) is 22.7. The summed E-state index contributed by atoms with van der Waals surface area (Å²) >= 11 is 0. The van der Waals surface area contributed by atoms with Crippen molar-refractivity contribution >= 4 is 52.4 Å². The van der Waals surface area contributed by atoms with Crippen LogP contribution in [0.3, 0.4) is 0 Å². The van der Waals surface area contributed by atoms with E-state index >= 15 is 0 Å². The molecule has 0 saturated carbocycles. The number of nitrogens with one attached hydrogen (secondary N) is 1. The Morgan fingerprint density at radius 2 is 1.28 bits per heavy atom. The summed E-state index contributed by atoms with van der Waals surface area (Å²) in [6.45, 7) is 0. The number of imide groups is 1. The van der Waals surface area contributed by atoms with E-state index in [1.165, 1.54) is 30.3 Å². The second kappa shape index (κ2) is 12.6. The van der Waals surface area contributed by atoms with Gasteiger partial charge in [0.2, 0.25) is 0 Å². The highest BCUT2D eigenvalue weighted by atomic mass is 16.5. The lowest BCUT2D eigenvalue weighted by Crippen LogP contribution is -2.29. The third kappa shape index (κ3) is 6.19. The Morgan fingerprint density at radius 1 is 0.638 bits per heavy atom. The molecule has 1 heterocycles. The molecule has 0 saturated heterocycles. The fraction of sp³-hybridized carbons (Fsp3) is 0. The van der Waals surface area contributed by atoms with Crippen LogP contribution in [0, 0.1) is 0 Å². The van der Waals surface area contributed by atoms with Gasteiger partial charge in [-0.3, -0.25) is 14.4 Å². The Labute approximate surface area is 266 Å². The van der Waals surface area contributed by atoms with Gasteiger partial charge in [0.15, 0.2) is 5.75 Å². The van der Waals surface area contributed by atoms with E-state index < -0.39 is 40.8 Å². The number of benzene rings is 5. The van der Waals surface area contributed by atoms with Crippen molar-refractivity contribution in [3.05, 3.63) is 143 Å². The molecule has 0 spiro atoms. The van der Waals surface area contributed by atoms with Gasteiger partial charge in [0, 0.05) is 5.56 Å². The van der Waals surface area contributed by atoms with E-state index in [1.807, 2.05) is 18.2 Å². The topological polar surface area (TPSA) is 175 Å². The lowest BCUT2D eigenvalue weighted by molar-refractivity contribution is 0.0651. The van der Waals surface area contributed by atoms with E-state index in [0.717, 1.165) is 17.0 Å². The largest absolute Gasteiger partial charge is 0.478 e. The van der Waals surface area contributed by atoms with E-state index in [2.05, 4.69) is 15.5 Å². The minimum atomic E-state index is -1.44. The number of nitrogens with zero attached hydrogens (tertiary/aromatic N) is 3. The fourth-order valence-corrected chi connectivity index (χ4v) is 4.83. The van der Waals surface area contributed by atoms with Crippen molar-refractivity contribution in [2.24, 2.45) is 10.2 Å². The van der Waals surface area contributed by atoms with Crippen LogP contribution in [0.2, 0.25) is 0 Å². The highest BCUT2D eigenvalue weighted by Crippen LogP contribution is 2.33. The first-order valence-corrected chi connectivity index (χ1v) is 14.0. The summed E-state index contributed by atoms with van der Waals surface area (Å²) in [6, 6.07) is 29.6. The zero-order valence-electron chi connectivity index (χ0n) is 24.2. The van der Waals surface area contributed by atoms with E-state index in [0.29, 0.717) is 17.1 Å². The first kappa shape index (κ1) is 30.1. The lowest BCUT2D eigenvalue weighted by atomic mass is 10.1. The molecule has 0 atom stereocenters. The predicted molar refractivity (Wildman–Crippen MR) is 169 cm³/mol. The molecular weight excluding hydrogens is 604 g/mol. The molecule has 0 fully saturated rings. The maximum Gasteiger partial charge on any atom is 0.336 e. The van der Waals surface area contributed by atoms with Crippen molar-refractivity contribution in [1.82, 2.24) is 0 Å². The molecule has 47 heavy (non-hydrogen) atoms. The number of carbonyl (C=O) groups excluding carboxylic acids is 3. The average Bonchev–Trinajstić information content (AvgIpc) is 3.33. The number of carboxylic acids is 2. The molecule has 1 aliphatic rings. The van der Waals surface area contributed by atoms with Crippen molar-refractivity contribution in [2.45, 2.75) is 0 Å². The summed E-state index contributed by atoms with van der Waals surface area (Å²) in [7, 11) is 0. The van der Waals surface area contributed by atoms with Gasteiger partial charge in [-0.2, -0.15) is 10.2 Å². The van der Waals surface area contributed by atoms with E-state index in [4.69, 9.17) is 4.74 Å². The maximum atomic E-state index is 13.4. The Bertz CT molecular complexity index is 2110. The van der Waals surface area contributed by atoms with Gasteiger partial charge in [0.05, 0.1) is 45.0 Å². The molecule has 12 heteroatoms. The minimum Gasteiger partial charge on any atom is -0.478 e. The van der Waals surface area contributed by atoms with Gasteiger partial charge in [-0.15, -0.1) is 0 Å². The Balaban J connectivity index is 1.19. The third-order valence-corrected chi connectivity index (χ3v) is 7.11.